The highest BCUT2D eigenvalue weighted by Gasteiger charge is 2.16. The molecule has 1 saturated carbocycles. The average Bonchev–Trinajstić information content (AvgIpc) is 2.75. The van der Waals surface area contributed by atoms with Gasteiger partial charge in [-0.3, -0.25) is 0 Å². The first kappa shape index (κ1) is 12.3. The summed E-state index contributed by atoms with van der Waals surface area (Å²) in [7, 11) is 0. The summed E-state index contributed by atoms with van der Waals surface area (Å²) in [6, 6.07) is 6.39. The first-order valence-electron chi connectivity index (χ1n) is 5.95. The largest absolute Gasteiger partial charge is 0.330 e. The van der Waals surface area contributed by atoms with Crippen molar-refractivity contribution in [2.45, 2.75) is 42.2 Å². The molecule has 88 valence electrons. The Morgan fingerprint density at radius 3 is 2.69 bits per heavy atom. The van der Waals surface area contributed by atoms with Crippen molar-refractivity contribution in [2.75, 3.05) is 6.54 Å². The van der Waals surface area contributed by atoms with Crippen molar-refractivity contribution in [3.8, 4) is 0 Å². The number of thioether (sulfide) groups is 1. The van der Waals surface area contributed by atoms with Gasteiger partial charge in [0, 0.05) is 15.2 Å². The second kappa shape index (κ2) is 5.95. The predicted molar refractivity (Wildman–Crippen MR) is 72.3 cm³/mol. The second-order valence-electron chi connectivity index (χ2n) is 4.32. The van der Waals surface area contributed by atoms with E-state index in [1.807, 2.05) is 11.8 Å². The Bertz CT molecular complexity index is 348. The molecule has 16 heavy (non-hydrogen) atoms. The predicted octanol–water partition coefficient (Wildman–Crippen LogP) is 3.88. The Morgan fingerprint density at radius 1 is 1.31 bits per heavy atom. The van der Waals surface area contributed by atoms with E-state index in [1.54, 1.807) is 0 Å². The Labute approximate surface area is 107 Å². The molecule has 0 amide bonds. The Kier molecular flexibility index (Phi) is 4.56. The first-order chi connectivity index (χ1) is 7.79. The zero-order valence-electron chi connectivity index (χ0n) is 9.42. The summed E-state index contributed by atoms with van der Waals surface area (Å²) in [5.41, 5.74) is 6.70. The molecule has 1 aromatic carbocycles. The molecule has 0 bridgehead atoms. The maximum atomic E-state index is 6.22. The molecule has 1 aliphatic rings. The third kappa shape index (κ3) is 3.16. The lowest BCUT2D eigenvalue weighted by Gasteiger charge is -2.10. The maximum absolute atomic E-state index is 6.22. The molecule has 1 fully saturated rings. The summed E-state index contributed by atoms with van der Waals surface area (Å²) in [5.74, 6) is 0. The van der Waals surface area contributed by atoms with Crippen LogP contribution < -0.4 is 5.73 Å². The van der Waals surface area contributed by atoms with Gasteiger partial charge in [-0.25, -0.2) is 0 Å². The molecular weight excluding hydrogens is 238 g/mol. The van der Waals surface area contributed by atoms with Gasteiger partial charge in [0.15, 0.2) is 0 Å². The van der Waals surface area contributed by atoms with Crippen LogP contribution >= 0.6 is 23.4 Å². The van der Waals surface area contributed by atoms with E-state index in [2.05, 4.69) is 18.2 Å². The molecule has 0 heterocycles. The SMILES string of the molecule is NCCc1ccc(SC2CCCC2)cc1Cl. The van der Waals surface area contributed by atoms with Crippen molar-refractivity contribution in [2.24, 2.45) is 5.73 Å². The molecule has 0 aromatic heterocycles. The smallest absolute Gasteiger partial charge is 0.0449 e. The zero-order valence-corrected chi connectivity index (χ0v) is 11.0. The van der Waals surface area contributed by atoms with Crippen molar-refractivity contribution < 1.29 is 0 Å². The van der Waals surface area contributed by atoms with Crippen LogP contribution in [-0.2, 0) is 6.42 Å². The highest BCUT2D eigenvalue weighted by Crippen LogP contribution is 2.36. The van der Waals surface area contributed by atoms with Crippen LogP contribution in [0, 0.1) is 0 Å². The highest BCUT2D eigenvalue weighted by atomic mass is 35.5. The number of rotatable bonds is 4. The Balaban J connectivity index is 2.02. The van der Waals surface area contributed by atoms with Crippen LogP contribution in [-0.4, -0.2) is 11.8 Å². The van der Waals surface area contributed by atoms with E-state index in [4.69, 9.17) is 17.3 Å². The molecule has 1 aromatic rings. The van der Waals surface area contributed by atoms with Gasteiger partial charge in [0.2, 0.25) is 0 Å². The number of nitrogens with two attached hydrogens (primary N) is 1. The molecule has 0 unspecified atom stereocenters. The van der Waals surface area contributed by atoms with Gasteiger partial charge in [0.25, 0.3) is 0 Å². The van der Waals surface area contributed by atoms with Gasteiger partial charge in [-0.05, 0) is 43.5 Å². The van der Waals surface area contributed by atoms with Crippen molar-refractivity contribution in [1.82, 2.24) is 0 Å². The summed E-state index contributed by atoms with van der Waals surface area (Å²) in [4.78, 5) is 1.30. The summed E-state index contributed by atoms with van der Waals surface area (Å²) in [5, 5.41) is 1.67. The molecule has 2 rings (SSSR count). The molecule has 0 spiro atoms. The first-order valence-corrected chi connectivity index (χ1v) is 7.20. The van der Waals surface area contributed by atoms with Gasteiger partial charge in [-0.2, -0.15) is 0 Å². The summed E-state index contributed by atoms with van der Waals surface area (Å²) >= 11 is 8.20. The van der Waals surface area contributed by atoms with E-state index in [1.165, 1.54) is 36.1 Å². The molecule has 0 atom stereocenters. The molecule has 2 N–H and O–H groups in total. The van der Waals surface area contributed by atoms with Crippen LogP contribution in [0.1, 0.15) is 31.2 Å². The molecule has 1 aliphatic carbocycles. The fraction of sp³-hybridized carbons (Fsp3) is 0.538. The quantitative estimate of drug-likeness (QED) is 0.884. The number of benzene rings is 1. The van der Waals surface area contributed by atoms with Crippen LogP contribution in [0.2, 0.25) is 5.02 Å². The van der Waals surface area contributed by atoms with Gasteiger partial charge in [-0.15, -0.1) is 11.8 Å². The molecule has 0 saturated heterocycles. The number of halogens is 1. The zero-order chi connectivity index (χ0) is 11.4. The lowest BCUT2D eigenvalue weighted by atomic mass is 10.1. The van der Waals surface area contributed by atoms with Gasteiger partial charge in [-0.1, -0.05) is 30.5 Å². The molecule has 0 radical (unpaired) electrons. The van der Waals surface area contributed by atoms with Crippen LogP contribution in [0.4, 0.5) is 0 Å². The van der Waals surface area contributed by atoms with Crippen LogP contribution in [0.3, 0.4) is 0 Å². The van der Waals surface area contributed by atoms with Gasteiger partial charge >= 0.3 is 0 Å². The van der Waals surface area contributed by atoms with Gasteiger partial charge < -0.3 is 5.73 Å². The minimum atomic E-state index is 0.662. The third-order valence-corrected chi connectivity index (χ3v) is 4.73. The summed E-state index contributed by atoms with van der Waals surface area (Å²) in [6.45, 7) is 0.662. The van der Waals surface area contributed by atoms with Crippen LogP contribution in [0.5, 0.6) is 0 Å². The maximum Gasteiger partial charge on any atom is 0.0449 e. The second-order valence-corrected chi connectivity index (χ2v) is 6.10. The van der Waals surface area contributed by atoms with Crippen molar-refractivity contribution in [1.29, 1.82) is 0 Å². The van der Waals surface area contributed by atoms with Crippen molar-refractivity contribution in [3.05, 3.63) is 28.8 Å². The molecule has 1 nitrogen and oxygen atoms in total. The van der Waals surface area contributed by atoms with Crippen molar-refractivity contribution in [3.63, 3.8) is 0 Å². The third-order valence-electron chi connectivity index (χ3n) is 3.04. The standard InChI is InChI=1S/C13H18ClNS/c14-13-9-12(6-5-10(13)7-8-15)16-11-3-1-2-4-11/h5-6,9,11H,1-4,7-8,15H2. The monoisotopic (exact) mass is 255 g/mol. The van der Waals surface area contributed by atoms with E-state index in [9.17, 15) is 0 Å². The van der Waals surface area contributed by atoms with E-state index in [-0.39, 0.29) is 0 Å². The van der Waals surface area contributed by atoms with Gasteiger partial charge in [0.1, 0.15) is 0 Å². The molecular formula is C13H18ClNS. The Morgan fingerprint density at radius 2 is 2.06 bits per heavy atom. The van der Waals surface area contributed by atoms with E-state index in [0.717, 1.165) is 16.7 Å². The number of hydrogen-bond acceptors (Lipinski definition) is 2. The minimum absolute atomic E-state index is 0.662. The van der Waals surface area contributed by atoms with E-state index in [0.29, 0.717) is 6.54 Å². The molecule has 0 aliphatic heterocycles. The fourth-order valence-corrected chi connectivity index (χ4v) is 3.78. The fourth-order valence-electron chi connectivity index (χ4n) is 2.16. The normalized spacial score (nSPS) is 16.9. The Hall–Kier alpha value is -0.180. The lowest BCUT2D eigenvalue weighted by molar-refractivity contribution is 0.886. The van der Waals surface area contributed by atoms with Crippen LogP contribution in [0.25, 0.3) is 0 Å². The summed E-state index contributed by atoms with van der Waals surface area (Å²) < 4.78 is 0. The van der Waals surface area contributed by atoms with E-state index >= 15 is 0 Å². The summed E-state index contributed by atoms with van der Waals surface area (Å²) in [6.07, 6.45) is 6.35. The van der Waals surface area contributed by atoms with Gasteiger partial charge in [0.05, 0.1) is 0 Å². The van der Waals surface area contributed by atoms with Crippen molar-refractivity contribution >= 4 is 23.4 Å². The van der Waals surface area contributed by atoms with Crippen LogP contribution in [0.15, 0.2) is 23.1 Å². The number of hydrogen-bond donors (Lipinski definition) is 1. The average molecular weight is 256 g/mol. The topological polar surface area (TPSA) is 26.0 Å². The minimum Gasteiger partial charge on any atom is -0.330 e. The highest BCUT2D eigenvalue weighted by molar-refractivity contribution is 8.00. The molecule has 3 heteroatoms. The lowest BCUT2D eigenvalue weighted by Crippen LogP contribution is -2.03. The van der Waals surface area contributed by atoms with E-state index < -0.39 is 0 Å².